The zero-order valence-corrected chi connectivity index (χ0v) is 15.8. The number of rotatable bonds is 5. The van der Waals surface area contributed by atoms with Gasteiger partial charge in [-0.1, -0.05) is 37.6 Å². The monoisotopic (exact) mass is 368 g/mol. The average molecular weight is 369 g/mol. The second kappa shape index (κ2) is 7.75. The molecule has 0 fully saturated rings. The first kappa shape index (κ1) is 18.2. The Balaban J connectivity index is 1.91. The highest BCUT2D eigenvalue weighted by molar-refractivity contribution is 6.31. The second-order valence-corrected chi connectivity index (χ2v) is 6.77. The van der Waals surface area contributed by atoms with Crippen LogP contribution in [0, 0.1) is 0 Å². The highest BCUT2D eigenvalue weighted by Crippen LogP contribution is 2.28. The molecule has 5 heteroatoms. The summed E-state index contributed by atoms with van der Waals surface area (Å²) in [4.78, 5) is 17.1. The Morgan fingerprint density at radius 2 is 1.88 bits per heavy atom. The third kappa shape index (κ3) is 3.97. The topological polar surface area (TPSA) is 51.2 Å². The number of nitrogens with one attached hydrogen (secondary N) is 1. The molecule has 0 aliphatic heterocycles. The lowest BCUT2D eigenvalue weighted by Gasteiger charge is -2.11. The van der Waals surface area contributed by atoms with Gasteiger partial charge in [0.1, 0.15) is 11.4 Å². The van der Waals surface area contributed by atoms with Crippen LogP contribution in [0.4, 0.5) is 5.69 Å². The van der Waals surface area contributed by atoms with Gasteiger partial charge in [0.2, 0.25) is 0 Å². The Kier molecular flexibility index (Phi) is 5.43. The number of hydrogen-bond donors (Lipinski definition) is 1. The molecule has 0 atom stereocenters. The fraction of sp³-hybridized carbons (Fsp3) is 0.238. The molecule has 0 radical (unpaired) electrons. The molecule has 2 aromatic carbocycles. The fourth-order valence-electron chi connectivity index (χ4n) is 2.70. The van der Waals surface area contributed by atoms with Crippen LogP contribution in [0.1, 0.15) is 42.7 Å². The lowest BCUT2D eigenvalue weighted by atomic mass is 10.0. The summed E-state index contributed by atoms with van der Waals surface area (Å²) in [5, 5.41) is 4.28. The second-order valence-electron chi connectivity index (χ2n) is 6.33. The predicted octanol–water partition coefficient (Wildman–Crippen LogP) is 5.66. The first-order valence-electron chi connectivity index (χ1n) is 8.62. The van der Waals surface area contributed by atoms with Gasteiger partial charge in [-0.25, -0.2) is 4.98 Å². The summed E-state index contributed by atoms with van der Waals surface area (Å²) in [5.74, 6) is 0.767. The Morgan fingerprint density at radius 3 is 2.54 bits per heavy atom. The molecule has 4 nitrogen and oxygen atoms in total. The SMILES string of the molecule is CCOc1cc(C(=O)Nc2ccc(C(C)C)cc2)nc2ccc(Cl)cc12. The molecule has 1 aromatic heterocycles. The summed E-state index contributed by atoms with van der Waals surface area (Å²) in [5.41, 5.74) is 2.93. The molecule has 0 aliphatic carbocycles. The predicted molar refractivity (Wildman–Crippen MR) is 106 cm³/mol. The van der Waals surface area contributed by atoms with E-state index in [1.54, 1.807) is 24.3 Å². The highest BCUT2D eigenvalue weighted by atomic mass is 35.5. The van der Waals surface area contributed by atoms with Crippen LogP contribution in [0.15, 0.2) is 48.5 Å². The van der Waals surface area contributed by atoms with Crippen LogP contribution < -0.4 is 10.1 Å². The van der Waals surface area contributed by atoms with Crippen LogP contribution in [0.3, 0.4) is 0 Å². The summed E-state index contributed by atoms with van der Waals surface area (Å²) in [6, 6.07) is 14.8. The third-order valence-corrected chi connectivity index (χ3v) is 4.34. The first-order valence-corrected chi connectivity index (χ1v) is 9.00. The van der Waals surface area contributed by atoms with Gasteiger partial charge in [-0.2, -0.15) is 0 Å². The van der Waals surface area contributed by atoms with Crippen molar-refractivity contribution in [2.75, 3.05) is 11.9 Å². The van der Waals surface area contributed by atoms with Gasteiger partial charge < -0.3 is 10.1 Å². The summed E-state index contributed by atoms with van der Waals surface area (Å²) in [6.45, 7) is 6.65. The molecule has 134 valence electrons. The van der Waals surface area contributed by atoms with Crippen molar-refractivity contribution in [3.05, 3.63) is 64.8 Å². The van der Waals surface area contributed by atoms with Crippen molar-refractivity contribution in [1.82, 2.24) is 4.98 Å². The normalized spacial score (nSPS) is 11.0. The molecular weight excluding hydrogens is 348 g/mol. The van der Waals surface area contributed by atoms with Crippen LogP contribution in [0.5, 0.6) is 5.75 Å². The van der Waals surface area contributed by atoms with Crippen LogP contribution >= 0.6 is 11.6 Å². The van der Waals surface area contributed by atoms with E-state index in [0.717, 1.165) is 11.1 Å². The Hall–Kier alpha value is -2.59. The molecule has 1 heterocycles. The summed E-state index contributed by atoms with van der Waals surface area (Å²) in [7, 11) is 0. The number of amides is 1. The van der Waals surface area contributed by atoms with Crippen molar-refractivity contribution >= 4 is 34.1 Å². The molecule has 26 heavy (non-hydrogen) atoms. The summed E-state index contributed by atoms with van der Waals surface area (Å²) >= 11 is 6.07. The molecule has 0 saturated carbocycles. The van der Waals surface area contributed by atoms with Crippen molar-refractivity contribution in [1.29, 1.82) is 0 Å². The van der Waals surface area contributed by atoms with E-state index in [4.69, 9.17) is 16.3 Å². The largest absolute Gasteiger partial charge is 0.493 e. The highest BCUT2D eigenvalue weighted by Gasteiger charge is 2.14. The number of anilines is 1. The number of hydrogen-bond acceptors (Lipinski definition) is 3. The van der Waals surface area contributed by atoms with Gasteiger partial charge >= 0.3 is 0 Å². The van der Waals surface area contributed by atoms with Crippen molar-refractivity contribution in [3.63, 3.8) is 0 Å². The molecule has 0 spiro atoms. The standard InChI is InChI=1S/C21H21ClN2O2/c1-4-26-20-12-19(24-18-10-7-15(22)11-17(18)20)21(25)23-16-8-5-14(6-9-16)13(2)3/h5-13H,4H2,1-3H3,(H,23,25). The van der Waals surface area contributed by atoms with Gasteiger partial charge in [0.05, 0.1) is 12.1 Å². The van der Waals surface area contributed by atoms with E-state index in [2.05, 4.69) is 24.1 Å². The number of carbonyl (C=O) groups excluding carboxylic acids is 1. The Bertz CT molecular complexity index is 937. The maximum absolute atomic E-state index is 12.6. The van der Waals surface area contributed by atoms with Gasteiger partial charge in [0, 0.05) is 22.2 Å². The summed E-state index contributed by atoms with van der Waals surface area (Å²) in [6.07, 6.45) is 0. The van der Waals surface area contributed by atoms with Crippen LogP contribution in [-0.4, -0.2) is 17.5 Å². The lowest BCUT2D eigenvalue weighted by molar-refractivity contribution is 0.102. The quantitative estimate of drug-likeness (QED) is 0.631. The van der Waals surface area contributed by atoms with E-state index in [1.165, 1.54) is 5.56 Å². The van der Waals surface area contributed by atoms with E-state index in [9.17, 15) is 4.79 Å². The van der Waals surface area contributed by atoms with Gasteiger partial charge in [0.15, 0.2) is 0 Å². The molecule has 0 saturated heterocycles. The minimum atomic E-state index is -0.278. The van der Waals surface area contributed by atoms with E-state index >= 15 is 0 Å². The number of fused-ring (bicyclic) bond motifs is 1. The maximum Gasteiger partial charge on any atom is 0.274 e. The van der Waals surface area contributed by atoms with E-state index in [0.29, 0.717) is 34.5 Å². The molecule has 0 aliphatic rings. The fourth-order valence-corrected chi connectivity index (χ4v) is 2.88. The minimum absolute atomic E-state index is 0.278. The smallest absolute Gasteiger partial charge is 0.274 e. The first-order chi connectivity index (χ1) is 12.5. The Labute approximate surface area is 158 Å². The molecule has 3 rings (SSSR count). The number of ether oxygens (including phenoxy) is 1. The van der Waals surface area contributed by atoms with Crippen LogP contribution in [0.2, 0.25) is 5.02 Å². The van der Waals surface area contributed by atoms with E-state index in [-0.39, 0.29) is 5.91 Å². The zero-order valence-electron chi connectivity index (χ0n) is 15.0. The molecule has 0 unspecified atom stereocenters. The number of benzene rings is 2. The molecule has 0 bridgehead atoms. The average Bonchev–Trinajstić information content (AvgIpc) is 2.62. The molecule has 1 N–H and O–H groups in total. The van der Waals surface area contributed by atoms with Crippen LogP contribution in [0.25, 0.3) is 10.9 Å². The van der Waals surface area contributed by atoms with Crippen molar-refractivity contribution in [3.8, 4) is 5.75 Å². The van der Waals surface area contributed by atoms with E-state index < -0.39 is 0 Å². The molecule has 1 amide bonds. The number of aromatic nitrogens is 1. The minimum Gasteiger partial charge on any atom is -0.493 e. The molecule has 3 aromatic rings. The lowest BCUT2D eigenvalue weighted by Crippen LogP contribution is -2.14. The van der Waals surface area contributed by atoms with Gasteiger partial charge in [-0.05, 0) is 48.7 Å². The zero-order chi connectivity index (χ0) is 18.7. The van der Waals surface area contributed by atoms with Crippen molar-refractivity contribution in [2.45, 2.75) is 26.7 Å². The van der Waals surface area contributed by atoms with E-state index in [1.807, 2.05) is 31.2 Å². The van der Waals surface area contributed by atoms with Gasteiger partial charge in [-0.15, -0.1) is 0 Å². The number of pyridine rings is 1. The van der Waals surface area contributed by atoms with Gasteiger partial charge in [0.25, 0.3) is 5.91 Å². The third-order valence-electron chi connectivity index (χ3n) is 4.10. The number of halogens is 1. The van der Waals surface area contributed by atoms with Gasteiger partial charge in [-0.3, -0.25) is 4.79 Å². The molecular formula is C21H21ClN2O2. The van der Waals surface area contributed by atoms with Crippen molar-refractivity contribution in [2.24, 2.45) is 0 Å². The number of carbonyl (C=O) groups is 1. The summed E-state index contributed by atoms with van der Waals surface area (Å²) < 4.78 is 5.68. The van der Waals surface area contributed by atoms with Crippen LogP contribution in [-0.2, 0) is 0 Å². The Morgan fingerprint density at radius 1 is 1.15 bits per heavy atom. The maximum atomic E-state index is 12.6. The van der Waals surface area contributed by atoms with Crippen molar-refractivity contribution < 1.29 is 9.53 Å². The number of nitrogens with zero attached hydrogens (tertiary/aromatic N) is 1.